The molecule has 0 amide bonds. The van der Waals surface area contributed by atoms with E-state index in [4.69, 9.17) is 5.11 Å². The van der Waals surface area contributed by atoms with Crippen LogP contribution in [0.3, 0.4) is 0 Å². The van der Waals surface area contributed by atoms with Gasteiger partial charge in [0.1, 0.15) is 18.2 Å². The summed E-state index contributed by atoms with van der Waals surface area (Å²) in [7, 11) is 1.86. The summed E-state index contributed by atoms with van der Waals surface area (Å²) in [6.07, 6.45) is 0. The summed E-state index contributed by atoms with van der Waals surface area (Å²) in [5.74, 6) is 4.61. The molecule has 21 heavy (non-hydrogen) atoms. The Morgan fingerprint density at radius 3 is 2.38 bits per heavy atom. The van der Waals surface area contributed by atoms with Gasteiger partial charge < -0.3 is 10.0 Å². The van der Waals surface area contributed by atoms with Crippen LogP contribution in [-0.2, 0) is 6.54 Å². The van der Waals surface area contributed by atoms with Crippen molar-refractivity contribution in [1.29, 1.82) is 0 Å². The van der Waals surface area contributed by atoms with Crippen LogP contribution < -0.4 is 4.90 Å². The van der Waals surface area contributed by atoms with Crippen LogP contribution in [-0.4, -0.2) is 18.8 Å². The maximum atomic E-state index is 13.3. The molecule has 0 aromatic heterocycles. The summed E-state index contributed by atoms with van der Waals surface area (Å²) in [4.78, 5) is 1.91. The molecule has 0 fully saturated rings. The zero-order valence-corrected chi connectivity index (χ0v) is 11.6. The van der Waals surface area contributed by atoms with E-state index < -0.39 is 0 Å². The van der Waals surface area contributed by atoms with Crippen molar-refractivity contribution in [2.45, 2.75) is 6.54 Å². The molecular formula is C17H15F2NO. The highest BCUT2D eigenvalue weighted by atomic mass is 19.1. The Labute approximate surface area is 122 Å². The molecule has 0 saturated heterocycles. The van der Waals surface area contributed by atoms with E-state index >= 15 is 0 Å². The van der Waals surface area contributed by atoms with Crippen LogP contribution in [0.4, 0.5) is 14.5 Å². The first-order chi connectivity index (χ1) is 10.1. The molecule has 0 saturated carbocycles. The molecule has 2 aromatic rings. The first kappa shape index (κ1) is 15.0. The third kappa shape index (κ3) is 4.04. The molecule has 2 rings (SSSR count). The molecule has 0 bridgehead atoms. The summed E-state index contributed by atoms with van der Waals surface area (Å²) in [6, 6.07) is 10.5. The molecule has 0 aliphatic carbocycles. The van der Waals surface area contributed by atoms with Crippen molar-refractivity contribution in [2.24, 2.45) is 0 Å². The minimum atomic E-state index is -0.370. The van der Waals surface area contributed by atoms with Gasteiger partial charge >= 0.3 is 0 Å². The minimum Gasteiger partial charge on any atom is -0.384 e. The van der Waals surface area contributed by atoms with Crippen molar-refractivity contribution < 1.29 is 13.9 Å². The number of hydrogen-bond donors (Lipinski definition) is 1. The van der Waals surface area contributed by atoms with Crippen molar-refractivity contribution in [3.8, 4) is 11.8 Å². The Bertz CT molecular complexity index is 671. The van der Waals surface area contributed by atoms with E-state index in [1.54, 1.807) is 18.2 Å². The Kier molecular flexibility index (Phi) is 4.91. The first-order valence-electron chi connectivity index (χ1n) is 6.45. The second kappa shape index (κ2) is 6.87. The number of anilines is 1. The fourth-order valence-electron chi connectivity index (χ4n) is 1.98. The Morgan fingerprint density at radius 1 is 1.05 bits per heavy atom. The molecule has 0 radical (unpaired) electrons. The van der Waals surface area contributed by atoms with Gasteiger partial charge in [-0.3, -0.25) is 0 Å². The molecule has 2 aromatic carbocycles. The largest absolute Gasteiger partial charge is 0.384 e. The lowest BCUT2D eigenvalue weighted by atomic mass is 10.1. The van der Waals surface area contributed by atoms with Crippen LogP contribution in [0, 0.1) is 23.5 Å². The maximum Gasteiger partial charge on any atom is 0.124 e. The molecule has 0 aliphatic heterocycles. The smallest absolute Gasteiger partial charge is 0.124 e. The summed E-state index contributed by atoms with van der Waals surface area (Å²) in [5, 5.41) is 8.76. The maximum absolute atomic E-state index is 13.3. The average molecular weight is 287 g/mol. The van der Waals surface area contributed by atoms with Crippen LogP contribution in [0.1, 0.15) is 11.1 Å². The average Bonchev–Trinajstić information content (AvgIpc) is 2.48. The molecule has 0 heterocycles. The molecule has 2 nitrogen and oxygen atoms in total. The number of hydrogen-bond acceptors (Lipinski definition) is 2. The highest BCUT2D eigenvalue weighted by Gasteiger charge is 2.07. The molecule has 0 spiro atoms. The second-order valence-corrected chi connectivity index (χ2v) is 4.59. The normalized spacial score (nSPS) is 9.90. The predicted octanol–water partition coefficient (Wildman–Crippen LogP) is 2.95. The van der Waals surface area contributed by atoms with E-state index in [0.717, 1.165) is 11.3 Å². The summed E-state index contributed by atoms with van der Waals surface area (Å²) in [5.41, 5.74) is 2.23. The van der Waals surface area contributed by atoms with E-state index in [-0.39, 0.29) is 18.2 Å². The highest BCUT2D eigenvalue weighted by Crippen LogP contribution is 2.18. The molecule has 0 unspecified atom stereocenters. The number of benzene rings is 2. The number of rotatable bonds is 3. The van der Waals surface area contributed by atoms with Crippen molar-refractivity contribution in [3.63, 3.8) is 0 Å². The number of nitrogens with zero attached hydrogens (tertiary/aromatic N) is 1. The second-order valence-electron chi connectivity index (χ2n) is 4.59. The number of aliphatic hydroxyl groups is 1. The van der Waals surface area contributed by atoms with E-state index in [2.05, 4.69) is 11.8 Å². The Balaban J connectivity index is 2.24. The Morgan fingerprint density at radius 2 is 1.71 bits per heavy atom. The van der Waals surface area contributed by atoms with Gasteiger partial charge in [0.05, 0.1) is 0 Å². The van der Waals surface area contributed by atoms with Crippen molar-refractivity contribution in [3.05, 3.63) is 65.2 Å². The lowest BCUT2D eigenvalue weighted by Crippen LogP contribution is -2.17. The standard InChI is InChI=1S/C17H15F2NO/c1-20(17-8-6-15(18)7-9-17)12-14-4-5-16(19)11-13(14)3-2-10-21/h4-9,11,21H,10,12H2,1H3. The van der Waals surface area contributed by atoms with Crippen molar-refractivity contribution >= 4 is 5.69 Å². The first-order valence-corrected chi connectivity index (χ1v) is 6.45. The zero-order valence-electron chi connectivity index (χ0n) is 11.6. The van der Waals surface area contributed by atoms with Crippen molar-refractivity contribution in [1.82, 2.24) is 0 Å². The molecular weight excluding hydrogens is 272 g/mol. The van der Waals surface area contributed by atoms with Crippen LogP contribution >= 0.6 is 0 Å². The van der Waals surface area contributed by atoms with Crippen LogP contribution in [0.2, 0.25) is 0 Å². The number of aliphatic hydroxyl groups excluding tert-OH is 1. The highest BCUT2D eigenvalue weighted by molar-refractivity contribution is 5.49. The lowest BCUT2D eigenvalue weighted by molar-refractivity contribution is 0.350. The molecule has 0 aliphatic rings. The third-order valence-electron chi connectivity index (χ3n) is 3.05. The van der Waals surface area contributed by atoms with Crippen LogP contribution in [0.5, 0.6) is 0 Å². The molecule has 108 valence electrons. The van der Waals surface area contributed by atoms with Crippen LogP contribution in [0.15, 0.2) is 42.5 Å². The summed E-state index contributed by atoms with van der Waals surface area (Å²) < 4.78 is 26.2. The van der Waals surface area contributed by atoms with E-state index in [9.17, 15) is 8.78 Å². The van der Waals surface area contributed by atoms with Gasteiger partial charge in [0.2, 0.25) is 0 Å². The third-order valence-corrected chi connectivity index (χ3v) is 3.05. The summed E-state index contributed by atoms with van der Waals surface area (Å²) >= 11 is 0. The van der Waals surface area contributed by atoms with Gasteiger partial charge in [-0.15, -0.1) is 0 Å². The lowest BCUT2D eigenvalue weighted by Gasteiger charge is -2.20. The van der Waals surface area contributed by atoms with Gasteiger partial charge in [-0.1, -0.05) is 17.9 Å². The Hall–Kier alpha value is -2.38. The molecule has 0 atom stereocenters. The van der Waals surface area contributed by atoms with Gasteiger partial charge in [0.25, 0.3) is 0 Å². The van der Waals surface area contributed by atoms with Gasteiger partial charge in [-0.05, 0) is 42.0 Å². The van der Waals surface area contributed by atoms with E-state index in [1.165, 1.54) is 24.3 Å². The SMILES string of the molecule is CN(Cc1ccc(F)cc1C#CCO)c1ccc(F)cc1. The van der Waals surface area contributed by atoms with Gasteiger partial charge in [0, 0.05) is 24.8 Å². The number of halogens is 2. The quantitative estimate of drug-likeness (QED) is 0.877. The van der Waals surface area contributed by atoms with E-state index in [1.807, 2.05) is 11.9 Å². The van der Waals surface area contributed by atoms with Crippen molar-refractivity contribution in [2.75, 3.05) is 18.6 Å². The van der Waals surface area contributed by atoms with Gasteiger partial charge in [-0.25, -0.2) is 8.78 Å². The topological polar surface area (TPSA) is 23.5 Å². The van der Waals surface area contributed by atoms with Gasteiger partial charge in [0.15, 0.2) is 0 Å². The zero-order chi connectivity index (χ0) is 15.2. The monoisotopic (exact) mass is 287 g/mol. The summed E-state index contributed by atoms with van der Waals surface area (Å²) in [6.45, 7) is 0.227. The molecule has 1 N–H and O–H groups in total. The van der Waals surface area contributed by atoms with E-state index in [0.29, 0.717) is 12.1 Å². The fourth-order valence-corrected chi connectivity index (χ4v) is 1.98. The predicted molar refractivity (Wildman–Crippen MR) is 78.9 cm³/mol. The fraction of sp³-hybridized carbons (Fsp3) is 0.176. The van der Waals surface area contributed by atoms with Gasteiger partial charge in [-0.2, -0.15) is 0 Å². The van der Waals surface area contributed by atoms with Crippen LogP contribution in [0.25, 0.3) is 0 Å². The minimum absolute atomic E-state index is 0.274. The molecule has 4 heteroatoms.